The Morgan fingerprint density at radius 3 is 0.600 bits per heavy atom. The Labute approximate surface area is 119 Å². The SMILES string of the molecule is C1CCCCC1.[H-].[H-].[H-].[H-].[Li+].[Li+].[Li+].[Li+]. The molecule has 0 radical (unpaired) electrons. The van der Waals surface area contributed by atoms with E-state index in [0.29, 0.717) is 0 Å². The van der Waals surface area contributed by atoms with Gasteiger partial charge in [-0.25, -0.2) is 0 Å². The summed E-state index contributed by atoms with van der Waals surface area (Å²) in [6.07, 6.45) is 9.00. The third-order valence-corrected chi connectivity index (χ3v) is 1.50. The van der Waals surface area contributed by atoms with Crippen LogP contribution >= 0.6 is 0 Å². The van der Waals surface area contributed by atoms with E-state index in [1.54, 1.807) is 0 Å². The first-order valence-electron chi connectivity index (χ1n) is 3.00. The van der Waals surface area contributed by atoms with Gasteiger partial charge in [0.05, 0.1) is 0 Å². The molecule has 0 amide bonds. The molecule has 0 spiro atoms. The normalized spacial score (nSPS) is 14.4. The van der Waals surface area contributed by atoms with Crippen LogP contribution in [0.3, 0.4) is 0 Å². The van der Waals surface area contributed by atoms with Crippen LogP contribution in [0, 0.1) is 0 Å². The zero-order valence-corrected chi connectivity index (χ0v) is 8.24. The first-order chi connectivity index (χ1) is 3.00. The molecule has 0 aromatic heterocycles. The summed E-state index contributed by atoms with van der Waals surface area (Å²) in [5.41, 5.74) is 0. The Hall–Kier alpha value is 2.39. The summed E-state index contributed by atoms with van der Waals surface area (Å²) in [6.45, 7) is 0. The minimum absolute atomic E-state index is 0. The van der Waals surface area contributed by atoms with E-state index < -0.39 is 0 Å². The molecule has 0 atom stereocenters. The molecule has 0 nitrogen and oxygen atoms in total. The second-order valence-corrected chi connectivity index (χ2v) is 2.12. The van der Waals surface area contributed by atoms with Gasteiger partial charge in [0.15, 0.2) is 0 Å². The topological polar surface area (TPSA) is 0 Å². The van der Waals surface area contributed by atoms with Crippen LogP contribution < -0.4 is 75.4 Å². The molecular formula is C6H16Li4. The van der Waals surface area contributed by atoms with Crippen molar-refractivity contribution in [3.8, 4) is 0 Å². The number of hydrogen-bond acceptors (Lipinski definition) is 0. The Balaban J connectivity index is -0.00000000750. The smallest absolute Gasteiger partial charge is 1.00 e. The van der Waals surface area contributed by atoms with Crippen molar-refractivity contribution >= 4 is 0 Å². The molecule has 0 N–H and O–H groups in total. The molecular weight excluding hydrogens is 99.8 g/mol. The Kier molecular flexibility index (Phi) is 39.9. The van der Waals surface area contributed by atoms with Crippen LogP contribution in [0.2, 0.25) is 0 Å². The van der Waals surface area contributed by atoms with Gasteiger partial charge in [0, 0.05) is 0 Å². The van der Waals surface area contributed by atoms with Gasteiger partial charge in [-0.15, -0.1) is 0 Å². The van der Waals surface area contributed by atoms with Gasteiger partial charge in [-0.05, 0) is 0 Å². The summed E-state index contributed by atoms with van der Waals surface area (Å²) in [6, 6.07) is 0. The third kappa shape index (κ3) is 13.0. The number of hydrogen-bond donors (Lipinski definition) is 0. The average molecular weight is 116 g/mol. The summed E-state index contributed by atoms with van der Waals surface area (Å²) < 4.78 is 0. The Morgan fingerprint density at radius 2 is 0.500 bits per heavy atom. The third-order valence-electron chi connectivity index (χ3n) is 1.50. The molecule has 1 aliphatic rings. The van der Waals surface area contributed by atoms with Gasteiger partial charge < -0.3 is 5.71 Å². The second kappa shape index (κ2) is 17.5. The van der Waals surface area contributed by atoms with E-state index in [4.69, 9.17) is 0 Å². The predicted molar refractivity (Wildman–Crippen MR) is 32.1 cm³/mol. The fourth-order valence-electron chi connectivity index (χ4n) is 1.06. The molecule has 0 aromatic rings. The molecule has 10 heavy (non-hydrogen) atoms. The van der Waals surface area contributed by atoms with Crippen molar-refractivity contribution in [3.63, 3.8) is 0 Å². The molecule has 1 fully saturated rings. The van der Waals surface area contributed by atoms with Gasteiger partial charge in [-0.3, -0.25) is 0 Å². The Bertz CT molecular complexity index is 37.3. The van der Waals surface area contributed by atoms with E-state index in [2.05, 4.69) is 0 Å². The van der Waals surface area contributed by atoms with Crippen LogP contribution in [0.1, 0.15) is 44.2 Å². The molecule has 0 aromatic carbocycles. The fourth-order valence-corrected chi connectivity index (χ4v) is 1.06. The Morgan fingerprint density at radius 1 is 0.400 bits per heavy atom. The average Bonchev–Trinajstić information content (AvgIpc) is 1.72. The summed E-state index contributed by atoms with van der Waals surface area (Å²) in [5, 5.41) is 0. The molecule has 1 saturated carbocycles. The van der Waals surface area contributed by atoms with Gasteiger partial charge >= 0.3 is 75.4 Å². The second-order valence-electron chi connectivity index (χ2n) is 2.12. The van der Waals surface area contributed by atoms with Crippen molar-refractivity contribution < 1.29 is 81.1 Å². The number of rotatable bonds is 0. The molecule has 4 heteroatoms. The molecule has 0 aliphatic heterocycles. The van der Waals surface area contributed by atoms with E-state index in [9.17, 15) is 0 Å². The summed E-state index contributed by atoms with van der Waals surface area (Å²) in [4.78, 5) is 0. The van der Waals surface area contributed by atoms with Crippen LogP contribution in [0.5, 0.6) is 0 Å². The molecule has 1 aliphatic carbocycles. The van der Waals surface area contributed by atoms with E-state index in [1.165, 1.54) is 38.5 Å². The van der Waals surface area contributed by atoms with Crippen molar-refractivity contribution in [2.24, 2.45) is 0 Å². The molecule has 1 rings (SSSR count). The molecule has 0 bridgehead atoms. The van der Waals surface area contributed by atoms with Crippen LogP contribution in [0.4, 0.5) is 0 Å². The van der Waals surface area contributed by atoms with Crippen LogP contribution in [-0.4, -0.2) is 0 Å². The van der Waals surface area contributed by atoms with Crippen molar-refractivity contribution in [2.75, 3.05) is 0 Å². The zero-order valence-electron chi connectivity index (χ0n) is 12.2. The van der Waals surface area contributed by atoms with E-state index in [0.717, 1.165) is 0 Å². The first-order valence-corrected chi connectivity index (χ1v) is 3.00. The van der Waals surface area contributed by atoms with Crippen molar-refractivity contribution in [2.45, 2.75) is 38.5 Å². The maximum atomic E-state index is 1.50. The van der Waals surface area contributed by atoms with Crippen molar-refractivity contribution in [1.29, 1.82) is 0 Å². The van der Waals surface area contributed by atoms with Gasteiger partial charge in [-0.1, -0.05) is 38.5 Å². The van der Waals surface area contributed by atoms with Gasteiger partial charge in [0.1, 0.15) is 0 Å². The summed E-state index contributed by atoms with van der Waals surface area (Å²) in [5.74, 6) is 0. The minimum atomic E-state index is 0. The first kappa shape index (κ1) is 22.8. The van der Waals surface area contributed by atoms with E-state index in [-0.39, 0.29) is 81.1 Å². The fraction of sp³-hybridized carbons (Fsp3) is 1.00. The molecule has 0 saturated heterocycles. The van der Waals surface area contributed by atoms with E-state index >= 15 is 0 Å². The molecule has 44 valence electrons. The van der Waals surface area contributed by atoms with Crippen LogP contribution in [0.15, 0.2) is 0 Å². The van der Waals surface area contributed by atoms with Crippen LogP contribution in [-0.2, 0) is 0 Å². The predicted octanol–water partition coefficient (Wildman–Crippen LogP) is -9.19. The van der Waals surface area contributed by atoms with Gasteiger partial charge in [-0.2, -0.15) is 0 Å². The monoisotopic (exact) mass is 116 g/mol. The zero-order chi connectivity index (χ0) is 4.24. The summed E-state index contributed by atoms with van der Waals surface area (Å²) in [7, 11) is 0. The van der Waals surface area contributed by atoms with Gasteiger partial charge in [0.2, 0.25) is 0 Å². The minimum Gasteiger partial charge on any atom is -1.00 e. The molecule has 0 unspecified atom stereocenters. The van der Waals surface area contributed by atoms with E-state index in [1.807, 2.05) is 0 Å². The van der Waals surface area contributed by atoms with Crippen LogP contribution in [0.25, 0.3) is 0 Å². The quantitative estimate of drug-likeness (QED) is 0.276. The van der Waals surface area contributed by atoms with Gasteiger partial charge in [0.25, 0.3) is 0 Å². The molecule has 0 heterocycles. The standard InChI is InChI=1S/C6H12.4Li.4H/c1-2-4-6-5-3-1;;;;;;;;/h1-6H2;;;;;;;;/q;4*+1;4*-1. The van der Waals surface area contributed by atoms with Crippen molar-refractivity contribution in [1.82, 2.24) is 0 Å². The summed E-state index contributed by atoms with van der Waals surface area (Å²) >= 11 is 0. The largest absolute Gasteiger partial charge is 1.00 e. The maximum absolute atomic E-state index is 1.50. The maximum Gasteiger partial charge on any atom is 1.00 e. The van der Waals surface area contributed by atoms with Crippen molar-refractivity contribution in [3.05, 3.63) is 0 Å².